The van der Waals surface area contributed by atoms with E-state index in [0.29, 0.717) is 50.7 Å². The Balaban J connectivity index is 1.26. The second kappa shape index (κ2) is 19.2. The first-order valence-corrected chi connectivity index (χ1v) is 16.8. The highest BCUT2D eigenvalue weighted by Gasteiger charge is 2.37. The Hall–Kier alpha value is -3.60. The van der Waals surface area contributed by atoms with Gasteiger partial charge in [-0.15, -0.1) is 11.6 Å². The van der Waals surface area contributed by atoms with Gasteiger partial charge in [0.25, 0.3) is 5.91 Å². The molecule has 2 aliphatic rings. The SMILES string of the molecule is CN(C)c1ccc(/C=C2N=C(/C=C/c3cncnc3)N(C3CCC(C(=O)NCCOCCOCCCCCCCl)CC3)C\2=O)cc1. The molecule has 2 heterocycles. The molecule has 1 saturated carbocycles. The third kappa shape index (κ3) is 11.0. The van der Waals surface area contributed by atoms with Crippen LogP contribution in [0.1, 0.15) is 62.5 Å². The van der Waals surface area contributed by atoms with E-state index < -0.39 is 0 Å². The van der Waals surface area contributed by atoms with Gasteiger partial charge < -0.3 is 19.7 Å². The summed E-state index contributed by atoms with van der Waals surface area (Å²) in [6, 6.07) is 7.97. The lowest BCUT2D eigenvalue weighted by molar-refractivity contribution is -0.127. The maximum absolute atomic E-state index is 13.7. The zero-order valence-corrected chi connectivity index (χ0v) is 27.8. The number of unbranched alkanes of at least 4 members (excludes halogenated alkanes) is 3. The maximum Gasteiger partial charge on any atom is 0.278 e. The Labute approximate surface area is 277 Å². The Kier molecular flexibility index (Phi) is 14.7. The standard InChI is InChI=1S/C35H47ClN6O4/c1-41(2)30-12-7-27(8-13-30)23-32-35(44)42(33(40-32)16-9-28-24-37-26-38-25-28)31-14-10-29(11-15-31)34(43)39-18-20-46-22-21-45-19-6-4-3-5-17-36/h7-9,12-13,16,23-26,29,31H,3-6,10-11,14-15,17-22H2,1-2H3,(H,39,43)/b16-9+,32-23-. The Morgan fingerprint density at radius 2 is 1.63 bits per heavy atom. The molecule has 1 aromatic carbocycles. The molecule has 0 atom stereocenters. The minimum atomic E-state index is -0.124. The van der Waals surface area contributed by atoms with Crippen LogP contribution in [-0.2, 0) is 19.1 Å². The summed E-state index contributed by atoms with van der Waals surface area (Å²) in [6.07, 6.45) is 17.7. The summed E-state index contributed by atoms with van der Waals surface area (Å²) in [5, 5.41) is 3.01. The van der Waals surface area contributed by atoms with Crippen molar-refractivity contribution >= 4 is 47.1 Å². The van der Waals surface area contributed by atoms with Gasteiger partial charge in [0.1, 0.15) is 17.9 Å². The van der Waals surface area contributed by atoms with Crippen molar-refractivity contribution in [2.24, 2.45) is 10.9 Å². The van der Waals surface area contributed by atoms with Crippen molar-refractivity contribution in [3.8, 4) is 0 Å². The van der Waals surface area contributed by atoms with Crippen molar-refractivity contribution < 1.29 is 19.1 Å². The number of nitrogens with zero attached hydrogens (tertiary/aromatic N) is 5. The van der Waals surface area contributed by atoms with Gasteiger partial charge >= 0.3 is 0 Å². The number of hydrogen-bond acceptors (Lipinski definition) is 8. The molecule has 1 aliphatic carbocycles. The lowest BCUT2D eigenvalue weighted by Crippen LogP contribution is -2.44. The molecule has 0 unspecified atom stereocenters. The first kappa shape index (κ1) is 35.3. The van der Waals surface area contributed by atoms with Crippen molar-refractivity contribution in [1.82, 2.24) is 20.2 Å². The number of rotatable bonds is 18. The predicted molar refractivity (Wildman–Crippen MR) is 184 cm³/mol. The first-order chi connectivity index (χ1) is 22.5. The fourth-order valence-electron chi connectivity index (χ4n) is 5.57. The largest absolute Gasteiger partial charge is 0.379 e. The third-order valence-corrected chi connectivity index (χ3v) is 8.43. The van der Waals surface area contributed by atoms with Gasteiger partial charge in [0.05, 0.1) is 19.8 Å². The predicted octanol–water partition coefficient (Wildman–Crippen LogP) is 5.35. The molecule has 2 aromatic rings. The number of anilines is 1. The molecular formula is C35H47ClN6O4. The second-order valence-corrected chi connectivity index (χ2v) is 12.2. The van der Waals surface area contributed by atoms with Crippen LogP contribution in [0.15, 0.2) is 59.8 Å². The highest BCUT2D eigenvalue weighted by atomic mass is 35.5. The molecule has 1 aromatic heterocycles. The minimum absolute atomic E-state index is 0.0438. The van der Waals surface area contributed by atoms with E-state index in [1.165, 1.54) is 6.33 Å². The number of benzene rings is 1. The number of nitrogens with one attached hydrogen (secondary N) is 1. The summed E-state index contributed by atoms with van der Waals surface area (Å²) in [5.41, 5.74) is 3.21. The van der Waals surface area contributed by atoms with Crippen LogP contribution in [0.5, 0.6) is 0 Å². The van der Waals surface area contributed by atoms with Gasteiger partial charge in [0.15, 0.2) is 0 Å². The van der Waals surface area contributed by atoms with E-state index >= 15 is 0 Å². The van der Waals surface area contributed by atoms with E-state index in [-0.39, 0.29) is 23.8 Å². The van der Waals surface area contributed by atoms with Crippen LogP contribution in [0, 0.1) is 5.92 Å². The van der Waals surface area contributed by atoms with Crippen molar-refractivity contribution in [3.63, 3.8) is 0 Å². The van der Waals surface area contributed by atoms with Gasteiger partial charge in [0.2, 0.25) is 5.91 Å². The smallest absolute Gasteiger partial charge is 0.278 e. The molecule has 248 valence electrons. The summed E-state index contributed by atoms with van der Waals surface area (Å²) in [5.74, 6) is 1.15. The fourth-order valence-corrected chi connectivity index (χ4v) is 5.76. The van der Waals surface area contributed by atoms with Gasteiger partial charge in [-0.05, 0) is 74.4 Å². The average Bonchev–Trinajstić information content (AvgIpc) is 3.38. The van der Waals surface area contributed by atoms with Crippen molar-refractivity contribution in [3.05, 3.63) is 65.9 Å². The van der Waals surface area contributed by atoms with Crippen LogP contribution in [0.4, 0.5) is 5.69 Å². The number of halogens is 1. The summed E-state index contributed by atoms with van der Waals surface area (Å²) in [7, 11) is 3.98. The summed E-state index contributed by atoms with van der Waals surface area (Å²) in [4.78, 5) is 43.3. The molecular weight excluding hydrogens is 604 g/mol. The molecule has 11 heteroatoms. The number of amides is 2. The van der Waals surface area contributed by atoms with Crippen molar-refractivity contribution in [2.45, 2.75) is 57.4 Å². The van der Waals surface area contributed by atoms with Crippen molar-refractivity contribution in [1.29, 1.82) is 0 Å². The van der Waals surface area contributed by atoms with Crippen LogP contribution >= 0.6 is 11.6 Å². The van der Waals surface area contributed by atoms with Crippen LogP contribution in [0.2, 0.25) is 0 Å². The lowest BCUT2D eigenvalue weighted by Gasteiger charge is -2.34. The van der Waals surface area contributed by atoms with E-state index in [0.717, 1.165) is 67.8 Å². The number of carbonyl (C=O) groups excluding carboxylic acids is 2. The highest BCUT2D eigenvalue weighted by molar-refractivity contribution is 6.19. The van der Waals surface area contributed by atoms with Crippen LogP contribution in [0.3, 0.4) is 0 Å². The minimum Gasteiger partial charge on any atom is -0.379 e. The van der Waals surface area contributed by atoms with E-state index in [1.807, 2.05) is 61.5 Å². The quantitative estimate of drug-likeness (QED) is 0.132. The Morgan fingerprint density at radius 3 is 2.33 bits per heavy atom. The van der Waals surface area contributed by atoms with Gasteiger partial charge in [0, 0.05) is 68.7 Å². The third-order valence-electron chi connectivity index (χ3n) is 8.16. The number of hydrogen-bond donors (Lipinski definition) is 1. The second-order valence-electron chi connectivity index (χ2n) is 11.8. The van der Waals surface area contributed by atoms with Crippen LogP contribution in [0.25, 0.3) is 12.2 Å². The molecule has 0 radical (unpaired) electrons. The van der Waals surface area contributed by atoms with E-state index in [1.54, 1.807) is 17.3 Å². The van der Waals surface area contributed by atoms with E-state index in [4.69, 9.17) is 26.1 Å². The van der Waals surface area contributed by atoms with Gasteiger partial charge in [-0.25, -0.2) is 15.0 Å². The first-order valence-electron chi connectivity index (χ1n) is 16.3. The molecule has 0 spiro atoms. The Morgan fingerprint density at radius 1 is 0.935 bits per heavy atom. The van der Waals surface area contributed by atoms with Crippen LogP contribution in [-0.4, -0.2) is 91.5 Å². The maximum atomic E-state index is 13.7. The molecule has 1 aliphatic heterocycles. The monoisotopic (exact) mass is 650 g/mol. The zero-order chi connectivity index (χ0) is 32.6. The number of carbonyl (C=O) groups is 2. The molecule has 2 amide bonds. The zero-order valence-electron chi connectivity index (χ0n) is 27.1. The molecule has 0 bridgehead atoms. The van der Waals surface area contributed by atoms with Crippen LogP contribution < -0.4 is 10.2 Å². The molecule has 1 N–H and O–H groups in total. The summed E-state index contributed by atoms with van der Waals surface area (Å²) >= 11 is 5.69. The van der Waals surface area contributed by atoms with Gasteiger partial charge in [-0.1, -0.05) is 25.0 Å². The van der Waals surface area contributed by atoms with Crippen molar-refractivity contribution in [2.75, 3.05) is 57.8 Å². The highest BCUT2D eigenvalue weighted by Crippen LogP contribution is 2.32. The van der Waals surface area contributed by atoms with E-state index in [9.17, 15) is 9.59 Å². The topological polar surface area (TPSA) is 109 Å². The fraction of sp³-hybridized carbons (Fsp3) is 0.514. The number of aromatic nitrogens is 2. The number of alkyl halides is 1. The number of ether oxygens (including phenoxy) is 2. The normalized spacial score (nSPS) is 19.2. The lowest BCUT2D eigenvalue weighted by atomic mass is 9.84. The van der Waals surface area contributed by atoms with Gasteiger partial charge in [-0.3, -0.25) is 14.5 Å². The molecule has 10 nitrogen and oxygen atoms in total. The van der Waals surface area contributed by atoms with E-state index in [2.05, 4.69) is 15.3 Å². The number of aliphatic imine (C=N–C) groups is 1. The number of amidine groups is 1. The summed E-state index contributed by atoms with van der Waals surface area (Å²) < 4.78 is 11.2. The molecule has 0 saturated heterocycles. The summed E-state index contributed by atoms with van der Waals surface area (Å²) in [6.45, 7) is 2.73. The molecule has 46 heavy (non-hydrogen) atoms. The molecule has 1 fully saturated rings. The Bertz CT molecular complexity index is 1320. The average molecular weight is 651 g/mol. The van der Waals surface area contributed by atoms with Gasteiger partial charge in [-0.2, -0.15) is 0 Å². The molecule has 4 rings (SSSR count).